The molecule has 8 heteroatoms. The first kappa shape index (κ1) is 19.4. The largest absolute Gasteiger partial charge is 0.480 e. The number of carbonyl (C=O) groups excluding carboxylic acids is 1. The van der Waals surface area contributed by atoms with Crippen molar-refractivity contribution in [2.75, 3.05) is 52.5 Å². The Morgan fingerprint density at radius 2 is 1.96 bits per heavy atom. The molecule has 0 unspecified atom stereocenters. The van der Waals surface area contributed by atoms with Crippen molar-refractivity contribution < 1.29 is 19.4 Å². The number of hydrogen-bond acceptors (Lipinski definition) is 5. The van der Waals surface area contributed by atoms with Gasteiger partial charge in [0.25, 0.3) is 0 Å². The summed E-state index contributed by atoms with van der Waals surface area (Å²) in [7, 11) is 0. The van der Waals surface area contributed by atoms with E-state index in [4.69, 9.17) is 9.84 Å². The minimum atomic E-state index is -0.789. The van der Waals surface area contributed by atoms with Crippen LogP contribution >= 0.6 is 0 Å². The van der Waals surface area contributed by atoms with Crippen LogP contribution in [0, 0.1) is 0 Å². The van der Waals surface area contributed by atoms with Crippen molar-refractivity contribution >= 4 is 12.0 Å². The summed E-state index contributed by atoms with van der Waals surface area (Å²) < 4.78 is 5.40. The highest BCUT2D eigenvalue weighted by molar-refractivity contribution is 5.75. The van der Waals surface area contributed by atoms with E-state index in [0.717, 1.165) is 71.6 Å². The first-order valence-corrected chi connectivity index (χ1v) is 9.90. The molecule has 3 aliphatic rings. The molecule has 3 rings (SSSR count). The number of likely N-dealkylation sites (N-methyl/N-ethyl adjacent to an activating group) is 1. The zero-order valence-corrected chi connectivity index (χ0v) is 15.7. The Labute approximate surface area is 155 Å². The minimum absolute atomic E-state index is 0.0468. The van der Waals surface area contributed by atoms with Crippen LogP contribution in [0.3, 0.4) is 0 Å². The monoisotopic (exact) mass is 368 g/mol. The maximum absolute atomic E-state index is 12.7. The molecule has 2 N–H and O–H groups in total. The summed E-state index contributed by atoms with van der Waals surface area (Å²) in [6, 6.07) is 0.776. The predicted octanol–water partition coefficient (Wildman–Crippen LogP) is 0.430. The van der Waals surface area contributed by atoms with Gasteiger partial charge >= 0.3 is 12.0 Å². The molecule has 2 saturated heterocycles. The van der Waals surface area contributed by atoms with Crippen LogP contribution in [-0.2, 0) is 9.53 Å². The Morgan fingerprint density at radius 1 is 1.23 bits per heavy atom. The van der Waals surface area contributed by atoms with Gasteiger partial charge in [-0.3, -0.25) is 14.6 Å². The van der Waals surface area contributed by atoms with Gasteiger partial charge in [0.05, 0.1) is 19.8 Å². The van der Waals surface area contributed by atoms with Gasteiger partial charge in [-0.2, -0.15) is 0 Å². The van der Waals surface area contributed by atoms with Crippen LogP contribution in [-0.4, -0.2) is 102 Å². The standard InChI is InChI=1S/C18H32N4O4/c1-2-21(13-17(23)24)16-10-14(11-16)19-18(25)22-5-3-4-15(22)12-20-6-8-26-9-7-20/h14-16H,2-13H2,1H3,(H,19,25)(H,23,24)/t14?,15-,16?/m0/s1. The van der Waals surface area contributed by atoms with Gasteiger partial charge in [0.1, 0.15) is 0 Å². The average molecular weight is 368 g/mol. The van der Waals surface area contributed by atoms with E-state index in [9.17, 15) is 9.59 Å². The van der Waals surface area contributed by atoms with Crippen LogP contribution in [0.15, 0.2) is 0 Å². The Balaban J connectivity index is 1.42. The lowest BCUT2D eigenvalue weighted by Crippen LogP contribution is -2.58. The Kier molecular flexibility index (Phi) is 6.72. The first-order valence-electron chi connectivity index (χ1n) is 9.90. The smallest absolute Gasteiger partial charge is 0.317 e. The molecule has 2 heterocycles. The third-order valence-corrected chi connectivity index (χ3v) is 5.91. The molecule has 0 aromatic carbocycles. The first-order chi connectivity index (χ1) is 12.6. The number of carbonyl (C=O) groups is 2. The van der Waals surface area contributed by atoms with Crippen LogP contribution in [0.1, 0.15) is 32.6 Å². The van der Waals surface area contributed by atoms with Gasteiger partial charge in [-0.25, -0.2) is 4.79 Å². The lowest BCUT2D eigenvalue weighted by Gasteiger charge is -2.43. The molecule has 3 fully saturated rings. The van der Waals surface area contributed by atoms with E-state index in [0.29, 0.717) is 6.04 Å². The summed E-state index contributed by atoms with van der Waals surface area (Å²) in [6.45, 7) is 8.03. The molecule has 2 aliphatic heterocycles. The van der Waals surface area contributed by atoms with Gasteiger partial charge in [-0.1, -0.05) is 6.92 Å². The molecule has 1 saturated carbocycles. The molecule has 0 aromatic heterocycles. The van der Waals surface area contributed by atoms with Gasteiger partial charge < -0.3 is 20.1 Å². The van der Waals surface area contributed by atoms with Crippen molar-refractivity contribution in [1.29, 1.82) is 0 Å². The average Bonchev–Trinajstić information content (AvgIpc) is 3.04. The van der Waals surface area contributed by atoms with E-state index in [1.807, 2.05) is 16.7 Å². The summed E-state index contributed by atoms with van der Waals surface area (Å²) in [5.74, 6) is -0.789. The number of morpholine rings is 1. The van der Waals surface area contributed by atoms with Gasteiger partial charge in [0.15, 0.2) is 0 Å². The Hall–Kier alpha value is -1.38. The quantitative estimate of drug-likeness (QED) is 0.678. The Morgan fingerprint density at radius 3 is 2.62 bits per heavy atom. The summed E-state index contributed by atoms with van der Waals surface area (Å²) in [4.78, 5) is 30.0. The van der Waals surface area contributed by atoms with Gasteiger partial charge in [-0.15, -0.1) is 0 Å². The lowest BCUT2D eigenvalue weighted by atomic mass is 9.85. The van der Waals surface area contributed by atoms with E-state index < -0.39 is 5.97 Å². The van der Waals surface area contributed by atoms with Crippen LogP contribution in [0.4, 0.5) is 4.79 Å². The fourth-order valence-electron chi connectivity index (χ4n) is 4.31. The fourth-order valence-corrected chi connectivity index (χ4v) is 4.31. The van der Waals surface area contributed by atoms with Crippen molar-refractivity contribution in [1.82, 2.24) is 20.0 Å². The molecular formula is C18H32N4O4. The topological polar surface area (TPSA) is 85.4 Å². The summed E-state index contributed by atoms with van der Waals surface area (Å²) in [6.07, 6.45) is 3.82. The van der Waals surface area contributed by atoms with Crippen LogP contribution in [0.5, 0.6) is 0 Å². The maximum atomic E-state index is 12.7. The summed E-state index contributed by atoms with van der Waals surface area (Å²) >= 11 is 0. The van der Waals surface area contributed by atoms with E-state index in [1.54, 1.807) is 0 Å². The van der Waals surface area contributed by atoms with E-state index >= 15 is 0 Å². The second-order valence-electron chi connectivity index (χ2n) is 7.63. The van der Waals surface area contributed by atoms with E-state index in [2.05, 4.69) is 10.2 Å². The lowest BCUT2D eigenvalue weighted by molar-refractivity contribution is -0.139. The van der Waals surface area contributed by atoms with Crippen molar-refractivity contribution in [2.45, 2.75) is 50.7 Å². The molecule has 26 heavy (non-hydrogen) atoms. The zero-order valence-electron chi connectivity index (χ0n) is 15.7. The van der Waals surface area contributed by atoms with Gasteiger partial charge in [0.2, 0.25) is 0 Å². The predicted molar refractivity (Wildman–Crippen MR) is 97.2 cm³/mol. The molecule has 1 atom stereocenters. The third-order valence-electron chi connectivity index (χ3n) is 5.91. The molecule has 0 radical (unpaired) electrons. The third kappa shape index (κ3) is 4.86. The molecule has 0 spiro atoms. The van der Waals surface area contributed by atoms with Crippen LogP contribution in [0.2, 0.25) is 0 Å². The van der Waals surface area contributed by atoms with Crippen molar-refractivity contribution in [2.24, 2.45) is 0 Å². The number of ether oxygens (including phenoxy) is 1. The van der Waals surface area contributed by atoms with Gasteiger partial charge in [0, 0.05) is 44.3 Å². The fraction of sp³-hybridized carbons (Fsp3) is 0.889. The Bertz CT molecular complexity index is 492. The second-order valence-corrected chi connectivity index (χ2v) is 7.63. The number of carboxylic acids is 1. The number of amides is 2. The number of likely N-dealkylation sites (tertiary alicyclic amines) is 1. The number of urea groups is 1. The summed E-state index contributed by atoms with van der Waals surface area (Å²) in [5.41, 5.74) is 0. The molecule has 0 bridgehead atoms. The second kappa shape index (κ2) is 9.01. The number of aliphatic carboxylic acids is 1. The molecule has 2 amide bonds. The SMILES string of the molecule is CCN(CC(=O)O)C1CC(NC(=O)N2CCC[C@H]2CN2CCOCC2)C1. The molecule has 1 aliphatic carbocycles. The highest BCUT2D eigenvalue weighted by Gasteiger charge is 2.37. The number of nitrogens with zero attached hydrogens (tertiary/aromatic N) is 3. The molecular weight excluding hydrogens is 336 g/mol. The normalized spacial score (nSPS) is 29.6. The highest BCUT2D eigenvalue weighted by atomic mass is 16.5. The van der Waals surface area contributed by atoms with Crippen LogP contribution < -0.4 is 5.32 Å². The maximum Gasteiger partial charge on any atom is 0.317 e. The van der Waals surface area contributed by atoms with Crippen molar-refractivity contribution in [3.63, 3.8) is 0 Å². The highest BCUT2D eigenvalue weighted by Crippen LogP contribution is 2.26. The van der Waals surface area contributed by atoms with Gasteiger partial charge in [-0.05, 0) is 32.2 Å². The molecule has 8 nitrogen and oxygen atoms in total. The summed E-state index contributed by atoms with van der Waals surface area (Å²) in [5, 5.41) is 12.1. The van der Waals surface area contributed by atoms with E-state index in [-0.39, 0.29) is 24.7 Å². The van der Waals surface area contributed by atoms with E-state index in [1.165, 1.54) is 0 Å². The van der Waals surface area contributed by atoms with Crippen molar-refractivity contribution in [3.8, 4) is 0 Å². The number of carboxylic acid groups (broad SMARTS) is 1. The zero-order chi connectivity index (χ0) is 18.5. The molecule has 0 aromatic rings. The molecule has 148 valence electrons. The minimum Gasteiger partial charge on any atom is -0.480 e. The number of hydrogen-bond donors (Lipinski definition) is 2. The number of nitrogens with one attached hydrogen (secondary N) is 1. The van der Waals surface area contributed by atoms with Crippen molar-refractivity contribution in [3.05, 3.63) is 0 Å². The number of rotatable bonds is 7. The van der Waals surface area contributed by atoms with Crippen LogP contribution in [0.25, 0.3) is 0 Å².